The van der Waals surface area contributed by atoms with Crippen molar-refractivity contribution in [3.8, 4) is 0 Å². The maximum absolute atomic E-state index is 12.9. The molecule has 1 heterocycles. The molecule has 23 heavy (non-hydrogen) atoms. The molecule has 118 valence electrons. The summed E-state index contributed by atoms with van der Waals surface area (Å²) in [4.78, 5) is 12.2. The van der Waals surface area contributed by atoms with Gasteiger partial charge in [-0.25, -0.2) is 8.42 Å². The van der Waals surface area contributed by atoms with E-state index >= 15 is 0 Å². The molecule has 1 aliphatic rings. The van der Waals surface area contributed by atoms with Crippen LogP contribution in [0.5, 0.6) is 0 Å². The predicted molar refractivity (Wildman–Crippen MR) is 87.7 cm³/mol. The summed E-state index contributed by atoms with van der Waals surface area (Å²) in [6, 6.07) is 11.9. The summed E-state index contributed by atoms with van der Waals surface area (Å²) in [5, 5.41) is 0. The van der Waals surface area contributed by atoms with Crippen molar-refractivity contribution in [3.05, 3.63) is 59.2 Å². The van der Waals surface area contributed by atoms with Gasteiger partial charge in [0, 0.05) is 0 Å². The third-order valence-corrected chi connectivity index (χ3v) is 5.93. The molecule has 0 spiro atoms. The summed E-state index contributed by atoms with van der Waals surface area (Å²) in [5.74, 6) is -0.805. The molecular weight excluding hydrogens is 312 g/mol. The fourth-order valence-electron chi connectivity index (χ4n) is 2.69. The molecule has 0 saturated carbocycles. The number of hydrogen-bond donors (Lipinski definition) is 0. The molecule has 0 N–H and O–H groups in total. The highest BCUT2D eigenvalue weighted by molar-refractivity contribution is 7.91. The Bertz CT molecular complexity index is 910. The molecule has 2 aromatic carbocycles. The van der Waals surface area contributed by atoms with Crippen molar-refractivity contribution in [2.24, 2.45) is 0 Å². The Hall–Kier alpha value is -2.40. The van der Waals surface area contributed by atoms with Gasteiger partial charge >= 0.3 is 5.97 Å². The first-order valence-electron chi connectivity index (χ1n) is 7.19. The van der Waals surface area contributed by atoms with Gasteiger partial charge in [-0.15, -0.1) is 0 Å². The summed E-state index contributed by atoms with van der Waals surface area (Å²) in [5.41, 5.74) is 1.96. The van der Waals surface area contributed by atoms with Crippen LogP contribution in [-0.2, 0) is 19.4 Å². The van der Waals surface area contributed by atoms with E-state index in [0.717, 1.165) is 5.56 Å². The number of methoxy groups -OCH3 is 1. The molecule has 0 aromatic heterocycles. The van der Waals surface area contributed by atoms with E-state index in [1.165, 1.54) is 7.11 Å². The van der Waals surface area contributed by atoms with Crippen molar-refractivity contribution in [1.29, 1.82) is 0 Å². The van der Waals surface area contributed by atoms with Crippen molar-refractivity contribution in [1.82, 2.24) is 0 Å². The van der Waals surface area contributed by atoms with Crippen molar-refractivity contribution in [3.63, 3.8) is 0 Å². The van der Waals surface area contributed by atoms with Crippen molar-refractivity contribution >= 4 is 28.0 Å². The zero-order valence-electron chi connectivity index (χ0n) is 12.8. The van der Waals surface area contributed by atoms with Gasteiger partial charge in [-0.2, -0.15) is 0 Å². The first-order chi connectivity index (χ1) is 10.9. The Morgan fingerprint density at radius 3 is 2.39 bits per heavy atom. The van der Waals surface area contributed by atoms with Crippen LogP contribution in [0, 0.1) is 0 Å². The molecule has 0 fully saturated rings. The van der Waals surface area contributed by atoms with E-state index in [0.29, 0.717) is 16.0 Å². The number of ether oxygens (including phenoxy) is 1. The maximum atomic E-state index is 12.9. The van der Waals surface area contributed by atoms with Crippen LogP contribution < -0.4 is 0 Å². The lowest BCUT2D eigenvalue weighted by Gasteiger charge is -2.13. The Morgan fingerprint density at radius 2 is 1.65 bits per heavy atom. The molecule has 5 heteroatoms. The minimum atomic E-state index is -3.58. The fourth-order valence-corrected chi connectivity index (χ4v) is 4.31. The highest BCUT2D eigenvalue weighted by Crippen LogP contribution is 2.33. The van der Waals surface area contributed by atoms with E-state index < -0.39 is 15.8 Å². The van der Waals surface area contributed by atoms with Gasteiger partial charge in [0.2, 0.25) is 9.84 Å². The van der Waals surface area contributed by atoms with E-state index in [9.17, 15) is 13.2 Å². The second-order valence-corrected chi connectivity index (χ2v) is 7.30. The average Bonchev–Trinajstić information content (AvgIpc) is 2.68. The second kappa shape index (κ2) is 5.66. The first-order valence-corrected chi connectivity index (χ1v) is 8.67. The summed E-state index contributed by atoms with van der Waals surface area (Å²) in [7, 11) is -2.25. The highest BCUT2D eigenvalue weighted by atomic mass is 32.2. The van der Waals surface area contributed by atoms with Gasteiger partial charge in [0.1, 0.15) is 0 Å². The van der Waals surface area contributed by atoms with Crippen molar-refractivity contribution in [2.45, 2.75) is 22.6 Å². The van der Waals surface area contributed by atoms with Crippen LogP contribution in [0.25, 0.3) is 12.2 Å². The maximum Gasteiger partial charge on any atom is 0.312 e. The van der Waals surface area contributed by atoms with E-state index in [2.05, 4.69) is 0 Å². The van der Waals surface area contributed by atoms with E-state index in [1.807, 2.05) is 0 Å². The molecule has 0 aliphatic carbocycles. The second-order valence-electron chi connectivity index (χ2n) is 5.42. The lowest BCUT2D eigenvalue weighted by Crippen LogP contribution is -2.12. The SMILES string of the molecule is COC(=O)C(C)c1ccc2c(c1)C=Cc1ccccc1S2(=O)=O. The number of fused-ring (bicyclic) bond motifs is 2. The Balaban J connectivity index is 2.17. The molecule has 1 unspecified atom stereocenters. The van der Waals surface area contributed by atoms with Gasteiger partial charge in [-0.3, -0.25) is 4.79 Å². The summed E-state index contributed by atoms with van der Waals surface area (Å²) in [6.45, 7) is 1.73. The van der Waals surface area contributed by atoms with Crippen molar-refractivity contribution in [2.75, 3.05) is 7.11 Å². The molecule has 0 saturated heterocycles. The van der Waals surface area contributed by atoms with Crippen LogP contribution in [0.3, 0.4) is 0 Å². The monoisotopic (exact) mass is 328 g/mol. The third kappa shape index (κ3) is 2.57. The zero-order chi connectivity index (χ0) is 16.6. The quantitative estimate of drug-likeness (QED) is 0.677. The molecular formula is C18H16O4S. The average molecular weight is 328 g/mol. The summed E-state index contributed by atoms with van der Waals surface area (Å²) < 4.78 is 30.5. The van der Waals surface area contributed by atoms with Gasteiger partial charge < -0.3 is 4.74 Å². The lowest BCUT2D eigenvalue weighted by atomic mass is 9.99. The van der Waals surface area contributed by atoms with Crippen LogP contribution >= 0.6 is 0 Å². The lowest BCUT2D eigenvalue weighted by molar-refractivity contribution is -0.141. The molecule has 1 aliphatic heterocycles. The normalized spacial score (nSPS) is 15.9. The Morgan fingerprint density at radius 1 is 1.00 bits per heavy atom. The summed E-state index contributed by atoms with van der Waals surface area (Å²) in [6.07, 6.45) is 3.55. The van der Waals surface area contributed by atoms with Crippen LogP contribution in [0.4, 0.5) is 0 Å². The molecule has 4 nitrogen and oxygen atoms in total. The standard InChI is InChI=1S/C18H16O4S/c1-12(18(19)22-2)14-9-10-17-15(11-14)8-7-13-5-3-4-6-16(13)23(17,20)21/h3-12H,1-2H3. The van der Waals surface area contributed by atoms with Crippen LogP contribution in [-0.4, -0.2) is 21.5 Å². The molecule has 0 amide bonds. The molecule has 0 radical (unpaired) electrons. The van der Waals surface area contributed by atoms with Gasteiger partial charge in [0.05, 0.1) is 22.8 Å². The van der Waals surface area contributed by atoms with Gasteiger partial charge in [0.15, 0.2) is 0 Å². The molecule has 3 rings (SSSR count). The topological polar surface area (TPSA) is 60.4 Å². The molecule has 1 atom stereocenters. The minimum Gasteiger partial charge on any atom is -0.469 e. The van der Waals surface area contributed by atoms with Crippen LogP contribution in [0.2, 0.25) is 0 Å². The Labute approximate surface area is 135 Å². The van der Waals surface area contributed by atoms with Gasteiger partial charge in [-0.1, -0.05) is 36.4 Å². The largest absolute Gasteiger partial charge is 0.469 e. The summed E-state index contributed by atoms with van der Waals surface area (Å²) >= 11 is 0. The zero-order valence-corrected chi connectivity index (χ0v) is 13.6. The smallest absolute Gasteiger partial charge is 0.312 e. The highest BCUT2D eigenvalue weighted by Gasteiger charge is 2.26. The minimum absolute atomic E-state index is 0.250. The van der Waals surface area contributed by atoms with E-state index in [1.54, 1.807) is 61.5 Å². The number of rotatable bonds is 2. The molecule has 0 bridgehead atoms. The third-order valence-electron chi connectivity index (χ3n) is 4.03. The van der Waals surface area contributed by atoms with Crippen LogP contribution in [0.15, 0.2) is 52.3 Å². The Kier molecular flexibility index (Phi) is 3.82. The predicted octanol–water partition coefficient (Wildman–Crippen LogP) is 3.28. The van der Waals surface area contributed by atoms with Crippen LogP contribution in [0.1, 0.15) is 29.5 Å². The van der Waals surface area contributed by atoms with Crippen molar-refractivity contribution < 1.29 is 17.9 Å². The van der Waals surface area contributed by atoms with E-state index in [4.69, 9.17) is 4.74 Å². The molecule has 2 aromatic rings. The number of hydrogen-bond acceptors (Lipinski definition) is 4. The number of sulfone groups is 1. The number of esters is 1. The fraction of sp³-hybridized carbons (Fsp3) is 0.167. The number of benzene rings is 2. The van der Waals surface area contributed by atoms with Gasteiger partial charge in [0.25, 0.3) is 0 Å². The van der Waals surface area contributed by atoms with Gasteiger partial charge in [-0.05, 0) is 41.8 Å². The first kappa shape index (κ1) is 15.5. The number of carbonyl (C=O) groups is 1. The number of carbonyl (C=O) groups excluding carboxylic acids is 1. The van der Waals surface area contributed by atoms with E-state index in [-0.39, 0.29) is 10.9 Å².